The van der Waals surface area contributed by atoms with Gasteiger partial charge in [0.15, 0.2) is 5.82 Å². The number of amides is 1. The highest BCUT2D eigenvalue weighted by Gasteiger charge is 2.30. The monoisotopic (exact) mass is 347 g/mol. The second-order valence-corrected chi connectivity index (χ2v) is 6.93. The zero-order chi connectivity index (χ0) is 18.3. The van der Waals surface area contributed by atoms with Gasteiger partial charge in [-0.1, -0.05) is 32.0 Å². The Morgan fingerprint density at radius 1 is 1.23 bits per heavy atom. The van der Waals surface area contributed by atoms with Crippen molar-refractivity contribution in [2.24, 2.45) is 0 Å². The van der Waals surface area contributed by atoms with Gasteiger partial charge < -0.3 is 5.32 Å². The molecule has 0 saturated heterocycles. The molecule has 0 unspecified atom stereocenters. The van der Waals surface area contributed by atoms with Crippen LogP contribution >= 0.6 is 0 Å². The lowest BCUT2D eigenvalue weighted by atomic mass is 10.0. The van der Waals surface area contributed by atoms with E-state index in [1.165, 1.54) is 0 Å². The smallest absolute Gasteiger partial charge is 0.252 e. The van der Waals surface area contributed by atoms with Crippen molar-refractivity contribution >= 4 is 5.91 Å². The second-order valence-electron chi connectivity index (χ2n) is 6.93. The summed E-state index contributed by atoms with van der Waals surface area (Å²) in [7, 11) is 0. The van der Waals surface area contributed by atoms with Crippen molar-refractivity contribution < 1.29 is 4.79 Å². The second kappa shape index (κ2) is 6.37. The van der Waals surface area contributed by atoms with Crippen molar-refractivity contribution in [3.05, 3.63) is 71.1 Å². The van der Waals surface area contributed by atoms with Crippen molar-refractivity contribution in [3.63, 3.8) is 0 Å². The fraction of sp³-hybridized carbons (Fsp3) is 0.300. The van der Waals surface area contributed by atoms with Gasteiger partial charge in [-0.25, -0.2) is 9.67 Å². The summed E-state index contributed by atoms with van der Waals surface area (Å²) in [5.74, 6) is 1.84. The predicted octanol–water partition coefficient (Wildman–Crippen LogP) is 3.12. The highest BCUT2D eigenvalue weighted by molar-refractivity contribution is 5.99. The number of benzene rings is 1. The van der Waals surface area contributed by atoms with Crippen LogP contribution in [0, 0.1) is 6.92 Å². The molecule has 0 saturated carbocycles. The summed E-state index contributed by atoms with van der Waals surface area (Å²) in [6.07, 6.45) is 4.17. The normalized spacial score (nSPS) is 16.0. The van der Waals surface area contributed by atoms with Gasteiger partial charge in [0.25, 0.3) is 5.91 Å². The van der Waals surface area contributed by atoms with E-state index in [1.54, 1.807) is 6.20 Å². The first kappa shape index (κ1) is 16.4. The van der Waals surface area contributed by atoms with Crippen molar-refractivity contribution in [1.82, 2.24) is 25.1 Å². The van der Waals surface area contributed by atoms with Crippen LogP contribution < -0.4 is 5.32 Å². The molecule has 4 rings (SSSR count). The third kappa shape index (κ3) is 2.77. The molecule has 1 amide bonds. The van der Waals surface area contributed by atoms with E-state index < -0.39 is 0 Å². The van der Waals surface area contributed by atoms with Crippen molar-refractivity contribution in [3.8, 4) is 5.69 Å². The third-order valence-electron chi connectivity index (χ3n) is 4.70. The summed E-state index contributed by atoms with van der Waals surface area (Å²) in [4.78, 5) is 21.2. The lowest BCUT2D eigenvalue weighted by Gasteiger charge is -2.13. The van der Waals surface area contributed by atoms with Gasteiger partial charge in [-0.15, -0.1) is 0 Å². The van der Waals surface area contributed by atoms with Crippen LogP contribution in [-0.4, -0.2) is 25.7 Å². The molecule has 1 atom stereocenters. The fourth-order valence-corrected chi connectivity index (χ4v) is 3.30. The zero-order valence-corrected chi connectivity index (χ0v) is 15.1. The Bertz CT molecular complexity index is 976. The molecule has 3 aromatic rings. The Kier molecular flexibility index (Phi) is 4.03. The van der Waals surface area contributed by atoms with Crippen LogP contribution in [0.15, 0.2) is 42.7 Å². The first-order valence-corrected chi connectivity index (χ1v) is 8.81. The molecule has 0 spiro atoms. The zero-order valence-electron chi connectivity index (χ0n) is 15.1. The summed E-state index contributed by atoms with van der Waals surface area (Å²) in [5, 5.41) is 7.79. The van der Waals surface area contributed by atoms with Gasteiger partial charge in [0.2, 0.25) is 0 Å². The maximum Gasteiger partial charge on any atom is 0.252 e. The van der Waals surface area contributed by atoms with Gasteiger partial charge in [0.1, 0.15) is 5.82 Å². The molecule has 26 heavy (non-hydrogen) atoms. The van der Waals surface area contributed by atoms with Crippen molar-refractivity contribution in [1.29, 1.82) is 0 Å². The topological polar surface area (TPSA) is 72.7 Å². The van der Waals surface area contributed by atoms with E-state index in [1.807, 2.05) is 48.1 Å². The lowest BCUT2D eigenvalue weighted by molar-refractivity contribution is 0.0956. The van der Waals surface area contributed by atoms with Gasteiger partial charge in [-0.05, 0) is 30.2 Å². The number of hydrogen-bond donors (Lipinski definition) is 1. The Labute approximate surface area is 152 Å². The number of nitrogens with one attached hydrogen (secondary N) is 1. The fourth-order valence-electron chi connectivity index (χ4n) is 3.30. The van der Waals surface area contributed by atoms with Crippen LogP contribution in [0.1, 0.15) is 58.9 Å². The molecule has 0 aliphatic carbocycles. The van der Waals surface area contributed by atoms with Crippen LogP contribution in [-0.2, 0) is 6.42 Å². The minimum absolute atomic E-state index is 0.0270. The number of fused-ring (bicyclic) bond motifs is 1. The Morgan fingerprint density at radius 3 is 2.81 bits per heavy atom. The number of aryl methyl sites for hydroxylation is 1. The van der Waals surface area contributed by atoms with Crippen LogP contribution in [0.3, 0.4) is 0 Å². The predicted molar refractivity (Wildman–Crippen MR) is 98.3 cm³/mol. The van der Waals surface area contributed by atoms with E-state index in [2.05, 4.69) is 24.1 Å². The van der Waals surface area contributed by atoms with E-state index in [-0.39, 0.29) is 17.9 Å². The summed E-state index contributed by atoms with van der Waals surface area (Å²) in [6, 6.07) is 9.56. The van der Waals surface area contributed by atoms with Crippen LogP contribution in [0.5, 0.6) is 0 Å². The number of rotatable bonds is 4. The first-order valence-electron chi connectivity index (χ1n) is 8.81. The molecule has 1 N–H and O–H groups in total. The maximum absolute atomic E-state index is 12.2. The number of pyridine rings is 1. The standard InChI is InChI=1S/C20H21N5O/c1-12(2)19-23-18(25(24-19)17-8-9-21-11-13(17)3)10-16-14-6-4-5-7-15(14)20(26)22-16/h4-9,11-12,16H,10H2,1-3H3,(H,22,26)/t16-/m0/s1. The van der Waals surface area contributed by atoms with Gasteiger partial charge in [0, 0.05) is 30.3 Å². The van der Waals surface area contributed by atoms with E-state index in [0.717, 1.165) is 34.0 Å². The molecule has 6 heteroatoms. The molecule has 1 aliphatic rings. The Morgan fingerprint density at radius 2 is 2.04 bits per heavy atom. The van der Waals surface area contributed by atoms with Gasteiger partial charge in [-0.2, -0.15) is 5.10 Å². The van der Waals surface area contributed by atoms with Gasteiger partial charge >= 0.3 is 0 Å². The summed E-state index contributed by atoms with van der Waals surface area (Å²) in [5.41, 5.74) is 3.76. The number of aromatic nitrogens is 4. The average Bonchev–Trinajstić information content (AvgIpc) is 3.18. The molecule has 3 heterocycles. The average molecular weight is 347 g/mol. The number of hydrogen-bond acceptors (Lipinski definition) is 4. The summed E-state index contributed by atoms with van der Waals surface area (Å²) >= 11 is 0. The molecule has 0 fully saturated rings. The molecule has 0 bridgehead atoms. The quantitative estimate of drug-likeness (QED) is 0.787. The van der Waals surface area contributed by atoms with E-state index in [9.17, 15) is 4.79 Å². The van der Waals surface area contributed by atoms with Gasteiger partial charge in [0.05, 0.1) is 11.7 Å². The third-order valence-corrected chi connectivity index (χ3v) is 4.70. The maximum atomic E-state index is 12.2. The molecule has 1 aromatic carbocycles. The molecular formula is C20H21N5O. The Hall–Kier alpha value is -3.02. The minimum Gasteiger partial charge on any atom is -0.345 e. The minimum atomic E-state index is -0.0937. The van der Waals surface area contributed by atoms with Crippen LogP contribution in [0.2, 0.25) is 0 Å². The largest absolute Gasteiger partial charge is 0.345 e. The molecule has 132 valence electrons. The Balaban J connectivity index is 1.75. The highest BCUT2D eigenvalue weighted by Crippen LogP contribution is 2.29. The summed E-state index contributed by atoms with van der Waals surface area (Å²) in [6.45, 7) is 6.17. The number of carbonyl (C=O) groups excluding carboxylic acids is 1. The van der Waals surface area contributed by atoms with E-state index in [4.69, 9.17) is 10.1 Å². The van der Waals surface area contributed by atoms with Gasteiger partial charge in [-0.3, -0.25) is 9.78 Å². The molecule has 2 aromatic heterocycles. The molecule has 1 aliphatic heterocycles. The lowest BCUT2D eigenvalue weighted by Crippen LogP contribution is -2.22. The molecular weight excluding hydrogens is 326 g/mol. The summed E-state index contributed by atoms with van der Waals surface area (Å²) < 4.78 is 1.89. The highest BCUT2D eigenvalue weighted by atomic mass is 16.2. The first-order chi connectivity index (χ1) is 12.5. The van der Waals surface area contributed by atoms with Crippen molar-refractivity contribution in [2.75, 3.05) is 0 Å². The van der Waals surface area contributed by atoms with Crippen LogP contribution in [0.25, 0.3) is 5.69 Å². The van der Waals surface area contributed by atoms with E-state index in [0.29, 0.717) is 6.42 Å². The van der Waals surface area contributed by atoms with Crippen LogP contribution in [0.4, 0.5) is 0 Å². The SMILES string of the molecule is Cc1cnccc1-n1nc(C(C)C)nc1C[C@@H]1NC(=O)c2ccccc21. The number of carbonyl (C=O) groups is 1. The molecule has 0 radical (unpaired) electrons. The van der Waals surface area contributed by atoms with E-state index >= 15 is 0 Å². The number of nitrogens with zero attached hydrogens (tertiary/aromatic N) is 4. The van der Waals surface area contributed by atoms with Crippen molar-refractivity contribution in [2.45, 2.75) is 39.2 Å². The molecule has 6 nitrogen and oxygen atoms in total.